The lowest BCUT2D eigenvalue weighted by Crippen LogP contribution is -2.38. The van der Waals surface area contributed by atoms with Gasteiger partial charge in [-0.1, -0.05) is 0 Å². The molecule has 0 saturated heterocycles. The van der Waals surface area contributed by atoms with E-state index in [1.165, 1.54) is 18.3 Å². The van der Waals surface area contributed by atoms with Gasteiger partial charge in [-0.3, -0.25) is 4.79 Å². The Morgan fingerprint density at radius 3 is 2.44 bits per heavy atom. The van der Waals surface area contributed by atoms with E-state index in [9.17, 15) is 9.59 Å². The Balaban J connectivity index is 2.19. The fraction of sp³-hybridized carbons (Fsp3) is 0.462. The van der Waals surface area contributed by atoms with Crippen LogP contribution >= 0.6 is 0 Å². The number of nitrogens with zero attached hydrogens (tertiary/aromatic N) is 2. The van der Waals surface area contributed by atoms with E-state index in [4.69, 9.17) is 5.11 Å². The predicted molar refractivity (Wildman–Crippen MR) is 65.5 cm³/mol. The van der Waals surface area contributed by atoms with Crippen LogP contribution in [0.2, 0.25) is 0 Å². The molecule has 0 atom stereocenters. The van der Waals surface area contributed by atoms with Crippen LogP contribution in [0.4, 0.5) is 0 Å². The van der Waals surface area contributed by atoms with Gasteiger partial charge in [-0.05, 0) is 38.8 Å². The van der Waals surface area contributed by atoms with Gasteiger partial charge in [0.1, 0.15) is 5.69 Å². The first-order valence-corrected chi connectivity index (χ1v) is 6.02. The average molecular weight is 248 g/mol. The van der Waals surface area contributed by atoms with Crippen LogP contribution in [0.5, 0.6) is 0 Å². The second-order valence-electron chi connectivity index (χ2n) is 4.77. The Morgan fingerprint density at radius 1 is 1.39 bits per heavy atom. The third-order valence-electron chi connectivity index (χ3n) is 2.96. The second kappa shape index (κ2) is 4.76. The molecule has 2 rings (SSSR count). The minimum Gasteiger partial charge on any atom is -0.477 e. The van der Waals surface area contributed by atoms with Gasteiger partial charge < -0.3 is 10.0 Å². The van der Waals surface area contributed by atoms with Crippen molar-refractivity contribution in [1.29, 1.82) is 0 Å². The van der Waals surface area contributed by atoms with Crippen LogP contribution in [0, 0.1) is 0 Å². The summed E-state index contributed by atoms with van der Waals surface area (Å²) < 4.78 is 0. The van der Waals surface area contributed by atoms with Gasteiger partial charge in [0.25, 0.3) is 5.91 Å². The summed E-state index contributed by atoms with van der Waals surface area (Å²) in [6, 6.07) is 3.36. The number of aromatic carboxylic acids is 1. The summed E-state index contributed by atoms with van der Waals surface area (Å²) in [5.41, 5.74) is 0.398. The number of hydrogen-bond donors (Lipinski definition) is 1. The fourth-order valence-corrected chi connectivity index (χ4v) is 1.97. The standard InChI is InChI=1S/C13H16N2O3/c1-8(2)15(10-4-5-10)12(16)9-3-6-11(13(17)18)14-7-9/h3,6-8,10H,4-5H2,1-2H3,(H,17,18). The lowest BCUT2D eigenvalue weighted by molar-refractivity contribution is 0.0674. The molecular formula is C13H16N2O3. The number of carboxylic acid groups (broad SMARTS) is 1. The molecule has 1 fully saturated rings. The number of rotatable bonds is 4. The van der Waals surface area contributed by atoms with Crippen LogP contribution in [0.15, 0.2) is 18.3 Å². The van der Waals surface area contributed by atoms with E-state index in [-0.39, 0.29) is 17.6 Å². The summed E-state index contributed by atoms with van der Waals surface area (Å²) in [4.78, 5) is 28.6. The highest BCUT2D eigenvalue weighted by Gasteiger charge is 2.34. The van der Waals surface area contributed by atoms with Gasteiger partial charge in [-0.25, -0.2) is 9.78 Å². The van der Waals surface area contributed by atoms with E-state index in [2.05, 4.69) is 4.98 Å². The summed E-state index contributed by atoms with van der Waals surface area (Å²) in [5, 5.41) is 8.75. The van der Waals surface area contributed by atoms with E-state index < -0.39 is 5.97 Å². The summed E-state index contributed by atoms with van der Waals surface area (Å²) in [7, 11) is 0. The Kier molecular flexibility index (Phi) is 3.32. The molecule has 0 bridgehead atoms. The van der Waals surface area contributed by atoms with E-state index >= 15 is 0 Å². The first kappa shape index (κ1) is 12.5. The third kappa shape index (κ3) is 2.50. The van der Waals surface area contributed by atoms with E-state index in [1.54, 1.807) is 0 Å². The fourth-order valence-electron chi connectivity index (χ4n) is 1.97. The highest BCUT2D eigenvalue weighted by Crippen LogP contribution is 2.29. The predicted octanol–water partition coefficient (Wildman–Crippen LogP) is 1.79. The smallest absolute Gasteiger partial charge is 0.354 e. The first-order valence-electron chi connectivity index (χ1n) is 6.02. The van der Waals surface area contributed by atoms with Gasteiger partial charge in [-0.15, -0.1) is 0 Å². The number of carbonyl (C=O) groups is 2. The van der Waals surface area contributed by atoms with E-state index in [0.29, 0.717) is 11.6 Å². The number of hydrogen-bond acceptors (Lipinski definition) is 3. The molecule has 1 heterocycles. The number of aromatic nitrogens is 1. The number of pyridine rings is 1. The molecule has 0 unspecified atom stereocenters. The molecular weight excluding hydrogens is 232 g/mol. The molecule has 0 aromatic carbocycles. The molecule has 5 nitrogen and oxygen atoms in total. The maximum absolute atomic E-state index is 12.3. The molecule has 0 spiro atoms. The summed E-state index contributed by atoms with van der Waals surface area (Å²) in [6.07, 6.45) is 3.43. The Labute approximate surface area is 105 Å². The lowest BCUT2D eigenvalue weighted by Gasteiger charge is -2.26. The molecule has 1 aliphatic carbocycles. The molecule has 1 aromatic heterocycles. The molecule has 5 heteroatoms. The quantitative estimate of drug-likeness (QED) is 0.881. The minimum atomic E-state index is -1.09. The van der Waals surface area contributed by atoms with Crippen molar-refractivity contribution in [2.24, 2.45) is 0 Å². The molecule has 0 radical (unpaired) electrons. The zero-order chi connectivity index (χ0) is 13.3. The van der Waals surface area contributed by atoms with Crippen molar-refractivity contribution in [3.05, 3.63) is 29.6 Å². The highest BCUT2D eigenvalue weighted by molar-refractivity contribution is 5.95. The Hall–Kier alpha value is -1.91. The van der Waals surface area contributed by atoms with Crippen LogP contribution < -0.4 is 0 Å². The van der Waals surface area contributed by atoms with Gasteiger partial charge in [0.2, 0.25) is 0 Å². The summed E-state index contributed by atoms with van der Waals surface area (Å²) in [6.45, 7) is 3.96. The van der Waals surface area contributed by atoms with Crippen LogP contribution in [-0.2, 0) is 0 Å². The molecule has 96 valence electrons. The highest BCUT2D eigenvalue weighted by atomic mass is 16.4. The summed E-state index contributed by atoms with van der Waals surface area (Å²) >= 11 is 0. The molecule has 1 aromatic rings. The van der Waals surface area contributed by atoms with Gasteiger partial charge in [0.05, 0.1) is 5.56 Å². The largest absolute Gasteiger partial charge is 0.477 e. The van der Waals surface area contributed by atoms with Crippen LogP contribution in [0.1, 0.15) is 47.5 Å². The van der Waals surface area contributed by atoms with E-state index in [1.807, 2.05) is 18.7 Å². The number of carbonyl (C=O) groups excluding carboxylic acids is 1. The molecule has 1 saturated carbocycles. The second-order valence-corrected chi connectivity index (χ2v) is 4.77. The Bertz CT molecular complexity index is 462. The Morgan fingerprint density at radius 2 is 2.06 bits per heavy atom. The SMILES string of the molecule is CC(C)N(C(=O)c1ccc(C(=O)O)nc1)C1CC1. The topological polar surface area (TPSA) is 70.5 Å². The van der Waals surface area contributed by atoms with Crippen molar-refractivity contribution in [2.45, 2.75) is 38.8 Å². The number of amides is 1. The van der Waals surface area contributed by atoms with Crippen LogP contribution in [0.3, 0.4) is 0 Å². The van der Waals surface area contributed by atoms with Crippen LogP contribution in [0.25, 0.3) is 0 Å². The van der Waals surface area contributed by atoms with Crippen molar-refractivity contribution in [1.82, 2.24) is 9.88 Å². The van der Waals surface area contributed by atoms with Gasteiger partial charge in [0, 0.05) is 18.3 Å². The molecule has 0 aliphatic heterocycles. The number of carboxylic acids is 1. The average Bonchev–Trinajstić information content (AvgIpc) is 3.13. The molecule has 18 heavy (non-hydrogen) atoms. The summed E-state index contributed by atoms with van der Waals surface area (Å²) in [5.74, 6) is -1.16. The van der Waals surface area contributed by atoms with Gasteiger partial charge in [-0.2, -0.15) is 0 Å². The first-order chi connectivity index (χ1) is 8.50. The zero-order valence-corrected chi connectivity index (χ0v) is 10.5. The maximum atomic E-state index is 12.3. The maximum Gasteiger partial charge on any atom is 0.354 e. The molecule has 1 amide bonds. The van der Waals surface area contributed by atoms with E-state index in [0.717, 1.165) is 12.8 Å². The van der Waals surface area contributed by atoms with Crippen LogP contribution in [-0.4, -0.2) is 39.0 Å². The van der Waals surface area contributed by atoms with Crippen molar-refractivity contribution in [3.8, 4) is 0 Å². The zero-order valence-electron chi connectivity index (χ0n) is 10.5. The minimum absolute atomic E-state index is 0.0472. The molecule has 1 N–H and O–H groups in total. The third-order valence-corrected chi connectivity index (χ3v) is 2.96. The van der Waals surface area contributed by atoms with Crippen molar-refractivity contribution in [3.63, 3.8) is 0 Å². The van der Waals surface area contributed by atoms with Crippen molar-refractivity contribution < 1.29 is 14.7 Å². The normalized spacial score (nSPS) is 14.6. The van der Waals surface area contributed by atoms with Crippen molar-refractivity contribution in [2.75, 3.05) is 0 Å². The van der Waals surface area contributed by atoms with Gasteiger partial charge >= 0.3 is 5.97 Å². The monoisotopic (exact) mass is 248 g/mol. The molecule has 1 aliphatic rings. The van der Waals surface area contributed by atoms with Crippen molar-refractivity contribution >= 4 is 11.9 Å². The van der Waals surface area contributed by atoms with Gasteiger partial charge in [0.15, 0.2) is 0 Å². The lowest BCUT2D eigenvalue weighted by atomic mass is 10.2.